The minimum absolute atomic E-state index is 0.0255. The van der Waals surface area contributed by atoms with Crippen LogP contribution in [-0.2, 0) is 15.7 Å². The predicted octanol–water partition coefficient (Wildman–Crippen LogP) is 2.63. The molecule has 0 radical (unpaired) electrons. The number of methoxy groups -OCH3 is 1. The summed E-state index contributed by atoms with van der Waals surface area (Å²) >= 11 is 0. The van der Waals surface area contributed by atoms with Gasteiger partial charge in [0, 0.05) is 20.3 Å². The summed E-state index contributed by atoms with van der Waals surface area (Å²) in [5.41, 5.74) is 1.86. The summed E-state index contributed by atoms with van der Waals surface area (Å²) in [6.07, 6.45) is -2.69. The molecule has 1 aromatic heterocycles. The Morgan fingerprint density at radius 2 is 2.11 bits per heavy atom. The lowest BCUT2D eigenvalue weighted by molar-refractivity contribution is -0.140. The maximum atomic E-state index is 13.6. The normalized spacial score (nSPS) is 16.8. The van der Waals surface area contributed by atoms with Crippen molar-refractivity contribution in [3.8, 4) is 0 Å². The third-order valence-corrected chi connectivity index (χ3v) is 4.19. The first-order valence-electron chi connectivity index (χ1n) is 8.33. The lowest BCUT2D eigenvalue weighted by atomic mass is 9.90. The van der Waals surface area contributed by atoms with Crippen LogP contribution >= 0.6 is 0 Å². The van der Waals surface area contributed by atoms with E-state index in [4.69, 9.17) is 4.74 Å². The van der Waals surface area contributed by atoms with E-state index < -0.39 is 29.4 Å². The van der Waals surface area contributed by atoms with Crippen molar-refractivity contribution in [3.63, 3.8) is 0 Å². The number of hydrogen-bond acceptors (Lipinski definition) is 5. The molecule has 0 fully saturated rings. The summed E-state index contributed by atoms with van der Waals surface area (Å²) in [6.45, 7) is 1.09. The SMILES string of the molecule is COCCCNc1cn[nH]c1C1=NNC(=O)C1c1ccc(F)c(C(F)(F)F)c1. The highest BCUT2D eigenvalue weighted by Gasteiger charge is 2.39. The van der Waals surface area contributed by atoms with Gasteiger partial charge in [0.1, 0.15) is 23.1 Å². The summed E-state index contributed by atoms with van der Waals surface area (Å²) in [4.78, 5) is 12.3. The minimum atomic E-state index is -4.88. The van der Waals surface area contributed by atoms with Crippen molar-refractivity contribution in [2.45, 2.75) is 18.5 Å². The van der Waals surface area contributed by atoms with Gasteiger partial charge >= 0.3 is 6.18 Å². The number of hydrazone groups is 1. The molecular weight excluding hydrogens is 382 g/mol. The van der Waals surface area contributed by atoms with Crippen LogP contribution in [0.2, 0.25) is 0 Å². The number of alkyl halides is 3. The van der Waals surface area contributed by atoms with Crippen LogP contribution in [0.1, 0.15) is 29.2 Å². The van der Waals surface area contributed by atoms with Crippen LogP contribution in [0.4, 0.5) is 23.2 Å². The summed E-state index contributed by atoms with van der Waals surface area (Å²) in [5, 5.41) is 13.7. The highest BCUT2D eigenvalue weighted by Crippen LogP contribution is 2.35. The quantitative estimate of drug-likeness (QED) is 0.493. The second kappa shape index (κ2) is 7.97. The van der Waals surface area contributed by atoms with E-state index in [9.17, 15) is 22.4 Å². The van der Waals surface area contributed by atoms with Gasteiger partial charge in [-0.1, -0.05) is 6.07 Å². The third-order valence-electron chi connectivity index (χ3n) is 4.19. The monoisotopic (exact) mass is 399 g/mol. The van der Waals surface area contributed by atoms with Crippen molar-refractivity contribution < 1.29 is 27.1 Å². The van der Waals surface area contributed by atoms with Gasteiger partial charge in [0.05, 0.1) is 17.4 Å². The summed E-state index contributed by atoms with van der Waals surface area (Å²) < 4.78 is 57.7. The number of aromatic nitrogens is 2. The molecule has 2 heterocycles. The van der Waals surface area contributed by atoms with Gasteiger partial charge in [-0.2, -0.15) is 23.4 Å². The van der Waals surface area contributed by atoms with E-state index in [-0.39, 0.29) is 11.3 Å². The molecule has 1 aliphatic heterocycles. The van der Waals surface area contributed by atoms with Gasteiger partial charge in [0.2, 0.25) is 0 Å². The minimum Gasteiger partial charge on any atom is -0.385 e. The van der Waals surface area contributed by atoms with E-state index >= 15 is 0 Å². The van der Waals surface area contributed by atoms with Crippen molar-refractivity contribution >= 4 is 17.3 Å². The number of benzene rings is 1. The van der Waals surface area contributed by atoms with Crippen LogP contribution in [0.25, 0.3) is 0 Å². The van der Waals surface area contributed by atoms with Gasteiger partial charge in [-0.25, -0.2) is 9.82 Å². The number of anilines is 1. The van der Waals surface area contributed by atoms with Gasteiger partial charge in [0.25, 0.3) is 5.91 Å². The molecule has 11 heteroatoms. The second-order valence-corrected chi connectivity index (χ2v) is 6.07. The molecule has 1 amide bonds. The molecule has 7 nitrogen and oxygen atoms in total. The van der Waals surface area contributed by atoms with Crippen LogP contribution in [0, 0.1) is 5.82 Å². The Kier molecular flexibility index (Phi) is 5.63. The van der Waals surface area contributed by atoms with Crippen molar-refractivity contribution in [3.05, 3.63) is 47.0 Å². The number of amides is 1. The highest BCUT2D eigenvalue weighted by molar-refractivity contribution is 6.21. The molecule has 0 bridgehead atoms. The zero-order valence-electron chi connectivity index (χ0n) is 14.7. The first-order valence-corrected chi connectivity index (χ1v) is 8.33. The fourth-order valence-electron chi connectivity index (χ4n) is 2.87. The molecule has 1 unspecified atom stereocenters. The largest absolute Gasteiger partial charge is 0.419 e. The maximum Gasteiger partial charge on any atom is 0.419 e. The van der Waals surface area contributed by atoms with E-state index in [0.29, 0.717) is 43.1 Å². The topological polar surface area (TPSA) is 91.4 Å². The Bertz CT molecular complexity index is 894. The van der Waals surface area contributed by atoms with Gasteiger partial charge in [0.15, 0.2) is 0 Å². The Hall–Kier alpha value is -2.95. The maximum absolute atomic E-state index is 13.6. The average Bonchev–Trinajstić information content (AvgIpc) is 3.24. The van der Waals surface area contributed by atoms with Crippen LogP contribution in [-0.4, -0.2) is 42.1 Å². The number of carbonyl (C=O) groups excluding carboxylic acids is 1. The molecule has 1 atom stereocenters. The second-order valence-electron chi connectivity index (χ2n) is 6.07. The molecule has 0 saturated heterocycles. The zero-order chi connectivity index (χ0) is 20.3. The first-order chi connectivity index (χ1) is 13.3. The molecular formula is C17H17F4N5O2. The van der Waals surface area contributed by atoms with Gasteiger partial charge in [-0.15, -0.1) is 0 Å². The van der Waals surface area contributed by atoms with E-state index in [2.05, 4.69) is 26.0 Å². The van der Waals surface area contributed by atoms with Crippen LogP contribution in [0.15, 0.2) is 29.5 Å². The number of halogens is 4. The number of H-pyrrole nitrogens is 1. The molecule has 1 aliphatic rings. The Morgan fingerprint density at radius 1 is 1.32 bits per heavy atom. The number of carbonyl (C=O) groups is 1. The molecule has 150 valence electrons. The summed E-state index contributed by atoms with van der Waals surface area (Å²) in [7, 11) is 1.58. The number of ether oxygens (including phenoxy) is 1. The fraction of sp³-hybridized carbons (Fsp3) is 0.353. The van der Waals surface area contributed by atoms with Crippen LogP contribution in [0.5, 0.6) is 0 Å². The molecule has 3 rings (SSSR count). The Balaban J connectivity index is 1.91. The van der Waals surface area contributed by atoms with Gasteiger partial charge < -0.3 is 10.1 Å². The molecule has 1 aromatic carbocycles. The van der Waals surface area contributed by atoms with Crippen LogP contribution in [0.3, 0.4) is 0 Å². The molecule has 2 aromatic rings. The van der Waals surface area contributed by atoms with Crippen LogP contribution < -0.4 is 10.7 Å². The first kappa shape index (κ1) is 19.8. The third kappa shape index (κ3) is 3.98. The zero-order valence-corrected chi connectivity index (χ0v) is 14.7. The van der Waals surface area contributed by atoms with Gasteiger partial charge in [-0.05, 0) is 24.1 Å². The Labute approximate surface area is 157 Å². The predicted molar refractivity (Wildman–Crippen MR) is 92.4 cm³/mol. The van der Waals surface area contributed by atoms with Crippen molar-refractivity contribution in [2.24, 2.45) is 5.10 Å². The van der Waals surface area contributed by atoms with Crippen molar-refractivity contribution in [2.75, 3.05) is 25.6 Å². The van der Waals surface area contributed by atoms with E-state index in [1.807, 2.05) is 0 Å². The average molecular weight is 399 g/mol. The summed E-state index contributed by atoms with van der Waals surface area (Å²) in [6, 6.07) is 2.46. The number of nitrogens with one attached hydrogen (secondary N) is 3. The lowest BCUT2D eigenvalue weighted by Crippen LogP contribution is -2.23. The summed E-state index contributed by atoms with van der Waals surface area (Å²) in [5.74, 6) is -3.16. The number of aromatic amines is 1. The fourth-order valence-corrected chi connectivity index (χ4v) is 2.87. The molecule has 3 N–H and O–H groups in total. The van der Waals surface area contributed by atoms with E-state index in [0.717, 1.165) is 6.07 Å². The lowest BCUT2D eigenvalue weighted by Gasteiger charge is -2.15. The molecule has 28 heavy (non-hydrogen) atoms. The number of nitrogens with zero attached hydrogens (tertiary/aromatic N) is 2. The number of rotatable bonds is 7. The van der Waals surface area contributed by atoms with E-state index in [1.165, 1.54) is 6.20 Å². The molecule has 0 saturated carbocycles. The Morgan fingerprint density at radius 3 is 2.82 bits per heavy atom. The van der Waals surface area contributed by atoms with Crippen molar-refractivity contribution in [1.82, 2.24) is 15.6 Å². The molecule has 0 aliphatic carbocycles. The van der Waals surface area contributed by atoms with E-state index in [1.54, 1.807) is 7.11 Å². The highest BCUT2D eigenvalue weighted by atomic mass is 19.4. The molecule has 0 spiro atoms. The van der Waals surface area contributed by atoms with Gasteiger partial charge in [-0.3, -0.25) is 9.89 Å². The van der Waals surface area contributed by atoms with Crippen molar-refractivity contribution in [1.29, 1.82) is 0 Å². The number of hydrogen-bond donors (Lipinski definition) is 3. The smallest absolute Gasteiger partial charge is 0.385 e. The standard InChI is InChI=1S/C17H17F4N5O2/c1-28-6-2-5-22-12-8-23-24-14(12)15-13(16(27)26-25-15)9-3-4-11(18)10(7-9)17(19,20)21/h3-4,7-8,13,22H,2,5-6H2,1H3,(H,23,24)(H,26,27).